The molecular weight excluding hydrogens is 316 g/mol. The number of hydrogen-bond donors (Lipinski definition) is 0. The van der Waals surface area contributed by atoms with E-state index >= 15 is 0 Å². The van der Waals surface area contributed by atoms with Crippen LogP contribution in [-0.2, 0) is 11.2 Å². The lowest BCUT2D eigenvalue weighted by Gasteiger charge is -2.24. The third-order valence-corrected chi connectivity index (χ3v) is 5.65. The fourth-order valence-electron chi connectivity index (χ4n) is 2.28. The van der Waals surface area contributed by atoms with Crippen molar-refractivity contribution in [2.75, 3.05) is 7.05 Å². The molecule has 0 saturated heterocycles. The van der Waals surface area contributed by atoms with E-state index in [1.807, 2.05) is 32.2 Å². The summed E-state index contributed by atoms with van der Waals surface area (Å²) < 4.78 is 0. The highest BCUT2D eigenvalue weighted by Crippen LogP contribution is 2.26. The maximum absolute atomic E-state index is 12.4. The van der Waals surface area contributed by atoms with E-state index in [-0.39, 0.29) is 17.7 Å². The quantitative estimate of drug-likeness (QED) is 0.781. The minimum Gasteiger partial charge on any atom is -0.337 e. The molecule has 0 aliphatic carbocycles. The van der Waals surface area contributed by atoms with Crippen LogP contribution < -0.4 is 0 Å². The maximum atomic E-state index is 12.4. The molecular formula is C16H20N2O2S2. The lowest BCUT2D eigenvalue weighted by atomic mass is 10.1. The molecule has 6 heteroatoms. The number of aryl methyl sites for hydroxylation is 2. The molecule has 0 bridgehead atoms. The van der Waals surface area contributed by atoms with Gasteiger partial charge in [-0.25, -0.2) is 4.98 Å². The first-order chi connectivity index (χ1) is 10.3. The highest BCUT2D eigenvalue weighted by molar-refractivity contribution is 7.12. The SMILES string of the molecule is CC(=O)c1cc(CC(=O)N(C)C(C)c2nc(C)sc2C)cs1. The average molecular weight is 336 g/mol. The van der Waals surface area contributed by atoms with Crippen LogP contribution >= 0.6 is 22.7 Å². The Morgan fingerprint density at radius 1 is 1.36 bits per heavy atom. The Morgan fingerprint density at radius 2 is 2.05 bits per heavy atom. The zero-order valence-corrected chi connectivity index (χ0v) is 15.1. The van der Waals surface area contributed by atoms with Crippen molar-refractivity contribution in [2.45, 2.75) is 40.2 Å². The predicted octanol–water partition coefficient (Wildman–Crippen LogP) is 3.79. The number of carbonyl (C=O) groups is 2. The molecule has 0 saturated carbocycles. The monoisotopic (exact) mass is 336 g/mol. The number of Topliss-reactive ketones (excluding diaryl/α,β-unsaturated/α-hetero) is 1. The molecule has 1 unspecified atom stereocenters. The summed E-state index contributed by atoms with van der Waals surface area (Å²) in [5.41, 5.74) is 1.86. The molecule has 0 spiro atoms. The van der Waals surface area contributed by atoms with E-state index in [0.29, 0.717) is 11.3 Å². The fraction of sp³-hybridized carbons (Fsp3) is 0.438. The van der Waals surface area contributed by atoms with E-state index in [2.05, 4.69) is 4.98 Å². The van der Waals surface area contributed by atoms with Gasteiger partial charge in [0.05, 0.1) is 28.0 Å². The normalized spacial score (nSPS) is 12.2. The Balaban J connectivity index is 2.08. The summed E-state index contributed by atoms with van der Waals surface area (Å²) in [7, 11) is 1.80. The number of thiazole rings is 1. The van der Waals surface area contributed by atoms with Crippen LogP contribution in [0.4, 0.5) is 0 Å². The summed E-state index contributed by atoms with van der Waals surface area (Å²) in [5, 5.41) is 2.90. The second-order valence-electron chi connectivity index (χ2n) is 5.41. The number of rotatable bonds is 5. The van der Waals surface area contributed by atoms with Crippen molar-refractivity contribution in [1.29, 1.82) is 0 Å². The van der Waals surface area contributed by atoms with Crippen LogP contribution in [-0.4, -0.2) is 28.6 Å². The summed E-state index contributed by atoms with van der Waals surface area (Å²) >= 11 is 3.04. The van der Waals surface area contributed by atoms with Crippen molar-refractivity contribution in [3.05, 3.63) is 37.5 Å². The Hall–Kier alpha value is -1.53. The molecule has 0 N–H and O–H groups in total. The summed E-state index contributed by atoms with van der Waals surface area (Å²) in [5.74, 6) is 0.0736. The standard InChI is InChI=1S/C16H20N2O2S2/c1-9(16-11(3)22-12(4)17-16)18(5)15(20)7-13-6-14(10(2)19)21-8-13/h6,8-9H,7H2,1-5H3. The van der Waals surface area contributed by atoms with Crippen molar-refractivity contribution in [1.82, 2.24) is 9.88 Å². The third-order valence-electron chi connectivity index (χ3n) is 3.67. The molecule has 118 valence electrons. The Labute approximate surface area is 138 Å². The van der Waals surface area contributed by atoms with E-state index in [9.17, 15) is 9.59 Å². The summed E-state index contributed by atoms with van der Waals surface area (Å²) in [4.78, 5) is 31.9. The van der Waals surface area contributed by atoms with E-state index in [0.717, 1.165) is 21.1 Å². The van der Waals surface area contributed by atoms with Crippen molar-refractivity contribution >= 4 is 34.4 Å². The molecule has 0 radical (unpaired) electrons. The molecule has 0 fully saturated rings. The number of hydrogen-bond acceptors (Lipinski definition) is 5. The summed E-state index contributed by atoms with van der Waals surface area (Å²) in [6.07, 6.45) is 0.312. The van der Waals surface area contributed by atoms with Gasteiger partial charge < -0.3 is 4.90 Å². The van der Waals surface area contributed by atoms with E-state index in [1.165, 1.54) is 11.3 Å². The second kappa shape index (κ2) is 6.71. The highest BCUT2D eigenvalue weighted by atomic mass is 32.1. The minimum absolute atomic E-state index is 0.0328. The molecule has 2 rings (SSSR count). The Bertz CT molecular complexity index is 703. The molecule has 1 amide bonds. The molecule has 2 heterocycles. The molecule has 1 atom stereocenters. The molecule has 0 aliphatic heterocycles. The van der Waals surface area contributed by atoms with Crippen molar-refractivity contribution in [3.63, 3.8) is 0 Å². The molecule has 0 aliphatic rings. The minimum atomic E-state index is -0.0524. The molecule has 2 aromatic rings. The number of carbonyl (C=O) groups excluding carboxylic acids is 2. The van der Waals surface area contributed by atoms with Gasteiger partial charge in [0, 0.05) is 11.9 Å². The lowest BCUT2D eigenvalue weighted by molar-refractivity contribution is -0.131. The third kappa shape index (κ3) is 3.62. The summed E-state index contributed by atoms with van der Waals surface area (Å²) in [6, 6.07) is 1.75. The summed E-state index contributed by atoms with van der Waals surface area (Å²) in [6.45, 7) is 7.55. The lowest BCUT2D eigenvalue weighted by Crippen LogP contribution is -2.31. The Morgan fingerprint density at radius 3 is 2.55 bits per heavy atom. The zero-order chi connectivity index (χ0) is 16.4. The van der Waals surface area contributed by atoms with Crippen LogP contribution in [0.25, 0.3) is 0 Å². The van der Waals surface area contributed by atoms with Gasteiger partial charge in [-0.15, -0.1) is 22.7 Å². The number of likely N-dealkylation sites (N-methyl/N-ethyl adjacent to an activating group) is 1. The number of amides is 1. The van der Waals surface area contributed by atoms with Crippen LogP contribution in [0.15, 0.2) is 11.4 Å². The Kier molecular flexibility index (Phi) is 5.13. The molecule has 4 nitrogen and oxygen atoms in total. The van der Waals surface area contributed by atoms with Gasteiger partial charge in [-0.1, -0.05) is 0 Å². The van der Waals surface area contributed by atoms with Crippen LogP contribution in [0.2, 0.25) is 0 Å². The first kappa shape index (κ1) is 16.8. The fourth-order valence-corrected chi connectivity index (χ4v) is 4.01. The van der Waals surface area contributed by atoms with Crippen LogP contribution in [0.1, 0.15) is 50.7 Å². The number of ketones is 1. The van der Waals surface area contributed by atoms with Crippen LogP contribution in [0.3, 0.4) is 0 Å². The van der Waals surface area contributed by atoms with Gasteiger partial charge in [-0.3, -0.25) is 9.59 Å². The van der Waals surface area contributed by atoms with Gasteiger partial charge in [0.25, 0.3) is 0 Å². The van der Waals surface area contributed by atoms with Crippen LogP contribution in [0, 0.1) is 13.8 Å². The van der Waals surface area contributed by atoms with Gasteiger partial charge in [0.2, 0.25) is 5.91 Å². The van der Waals surface area contributed by atoms with Crippen molar-refractivity contribution in [2.24, 2.45) is 0 Å². The van der Waals surface area contributed by atoms with Crippen molar-refractivity contribution in [3.8, 4) is 0 Å². The molecule has 2 aromatic heterocycles. The first-order valence-corrected chi connectivity index (χ1v) is 8.77. The molecule has 0 aromatic carbocycles. The number of thiophene rings is 1. The van der Waals surface area contributed by atoms with E-state index in [1.54, 1.807) is 30.2 Å². The average Bonchev–Trinajstić information content (AvgIpc) is 3.03. The second-order valence-corrected chi connectivity index (χ2v) is 7.73. The van der Waals surface area contributed by atoms with Gasteiger partial charge in [-0.2, -0.15) is 0 Å². The van der Waals surface area contributed by atoms with Gasteiger partial charge in [0.1, 0.15) is 0 Å². The van der Waals surface area contributed by atoms with Gasteiger partial charge in [-0.05, 0) is 44.7 Å². The van der Waals surface area contributed by atoms with Crippen molar-refractivity contribution < 1.29 is 9.59 Å². The maximum Gasteiger partial charge on any atom is 0.227 e. The van der Waals surface area contributed by atoms with Gasteiger partial charge in [0.15, 0.2) is 5.78 Å². The largest absolute Gasteiger partial charge is 0.337 e. The zero-order valence-electron chi connectivity index (χ0n) is 13.5. The molecule has 22 heavy (non-hydrogen) atoms. The highest BCUT2D eigenvalue weighted by Gasteiger charge is 2.22. The first-order valence-electron chi connectivity index (χ1n) is 7.07. The van der Waals surface area contributed by atoms with E-state index < -0.39 is 0 Å². The number of nitrogens with zero attached hydrogens (tertiary/aromatic N) is 2. The smallest absolute Gasteiger partial charge is 0.227 e. The predicted molar refractivity (Wildman–Crippen MR) is 90.8 cm³/mol. The topological polar surface area (TPSA) is 50.3 Å². The van der Waals surface area contributed by atoms with Crippen LogP contribution in [0.5, 0.6) is 0 Å². The number of aromatic nitrogens is 1. The van der Waals surface area contributed by atoms with E-state index in [4.69, 9.17) is 0 Å². The van der Waals surface area contributed by atoms with Gasteiger partial charge >= 0.3 is 0 Å².